The molecule has 0 aliphatic heterocycles. The molecular formula is C13H25NO2. The fourth-order valence-corrected chi connectivity index (χ4v) is 2.72. The molecule has 1 aliphatic rings. The highest BCUT2D eigenvalue weighted by Crippen LogP contribution is 2.34. The van der Waals surface area contributed by atoms with Gasteiger partial charge in [0.2, 0.25) is 0 Å². The molecule has 1 aliphatic carbocycles. The third kappa shape index (κ3) is 2.97. The van der Waals surface area contributed by atoms with Crippen molar-refractivity contribution in [1.29, 1.82) is 0 Å². The summed E-state index contributed by atoms with van der Waals surface area (Å²) in [6.07, 6.45) is 4.14. The highest BCUT2D eigenvalue weighted by atomic mass is 16.4. The average Bonchev–Trinajstić information content (AvgIpc) is 2.26. The average molecular weight is 227 g/mol. The highest BCUT2D eigenvalue weighted by Gasteiger charge is 2.37. The molecule has 0 aromatic heterocycles. The molecule has 16 heavy (non-hydrogen) atoms. The molecule has 0 radical (unpaired) electrons. The fourth-order valence-electron chi connectivity index (χ4n) is 2.72. The van der Waals surface area contributed by atoms with E-state index in [1.165, 1.54) is 6.42 Å². The molecule has 0 heterocycles. The molecule has 3 heteroatoms. The second-order valence-electron chi connectivity index (χ2n) is 5.36. The van der Waals surface area contributed by atoms with Crippen molar-refractivity contribution in [3.8, 4) is 0 Å². The summed E-state index contributed by atoms with van der Waals surface area (Å²) < 4.78 is 0. The number of nitrogens with zero attached hydrogens (tertiary/aromatic N) is 1. The molecule has 1 rings (SSSR count). The zero-order valence-corrected chi connectivity index (χ0v) is 10.9. The summed E-state index contributed by atoms with van der Waals surface area (Å²) in [5.41, 5.74) is 0. The quantitative estimate of drug-likeness (QED) is 0.802. The van der Waals surface area contributed by atoms with Crippen molar-refractivity contribution in [1.82, 2.24) is 4.90 Å². The van der Waals surface area contributed by atoms with Gasteiger partial charge in [0.25, 0.3) is 0 Å². The number of rotatable bonds is 4. The van der Waals surface area contributed by atoms with E-state index in [0.29, 0.717) is 12.0 Å². The van der Waals surface area contributed by atoms with Crippen molar-refractivity contribution in [2.24, 2.45) is 11.8 Å². The normalized spacial score (nSPS) is 31.0. The summed E-state index contributed by atoms with van der Waals surface area (Å²) in [5, 5.41) is 9.27. The first kappa shape index (κ1) is 13.5. The van der Waals surface area contributed by atoms with Gasteiger partial charge >= 0.3 is 5.97 Å². The van der Waals surface area contributed by atoms with Crippen molar-refractivity contribution in [2.45, 2.75) is 58.5 Å². The van der Waals surface area contributed by atoms with Crippen LogP contribution in [0.2, 0.25) is 0 Å². The Morgan fingerprint density at radius 2 is 2.06 bits per heavy atom. The van der Waals surface area contributed by atoms with E-state index < -0.39 is 5.97 Å². The first-order valence-corrected chi connectivity index (χ1v) is 6.42. The Hall–Kier alpha value is -0.570. The molecule has 0 bridgehead atoms. The van der Waals surface area contributed by atoms with E-state index in [-0.39, 0.29) is 12.0 Å². The smallest absolute Gasteiger partial charge is 0.308 e. The third-order valence-electron chi connectivity index (χ3n) is 4.16. The Morgan fingerprint density at radius 1 is 1.44 bits per heavy atom. The van der Waals surface area contributed by atoms with Crippen LogP contribution in [0.3, 0.4) is 0 Å². The monoisotopic (exact) mass is 227 g/mol. The van der Waals surface area contributed by atoms with Gasteiger partial charge in [0.15, 0.2) is 0 Å². The maximum absolute atomic E-state index is 11.3. The molecule has 0 aromatic rings. The van der Waals surface area contributed by atoms with Gasteiger partial charge in [-0.3, -0.25) is 4.79 Å². The Bertz CT molecular complexity index is 240. The molecule has 3 unspecified atom stereocenters. The lowest BCUT2D eigenvalue weighted by atomic mass is 9.76. The van der Waals surface area contributed by atoms with Gasteiger partial charge in [-0.2, -0.15) is 0 Å². The summed E-state index contributed by atoms with van der Waals surface area (Å²) in [6.45, 7) is 6.47. The van der Waals surface area contributed by atoms with Crippen LogP contribution >= 0.6 is 0 Å². The van der Waals surface area contributed by atoms with Gasteiger partial charge in [-0.25, -0.2) is 0 Å². The molecule has 1 N–H and O–H groups in total. The molecular weight excluding hydrogens is 202 g/mol. The summed E-state index contributed by atoms with van der Waals surface area (Å²) in [7, 11) is 2.06. The molecule has 3 atom stereocenters. The Kier molecular flexibility index (Phi) is 4.78. The number of carboxylic acid groups (broad SMARTS) is 1. The number of hydrogen-bond acceptors (Lipinski definition) is 2. The minimum atomic E-state index is -0.618. The minimum absolute atomic E-state index is 0.171. The van der Waals surface area contributed by atoms with Gasteiger partial charge in [-0.1, -0.05) is 13.3 Å². The predicted molar refractivity (Wildman–Crippen MR) is 65.4 cm³/mol. The van der Waals surface area contributed by atoms with Crippen LogP contribution in [0.1, 0.15) is 46.5 Å². The largest absolute Gasteiger partial charge is 0.481 e. The predicted octanol–water partition coefficient (Wildman–Crippen LogP) is 2.61. The minimum Gasteiger partial charge on any atom is -0.481 e. The number of aliphatic carboxylic acids is 1. The molecule has 1 saturated carbocycles. The van der Waals surface area contributed by atoms with Crippen molar-refractivity contribution in [3.05, 3.63) is 0 Å². The lowest BCUT2D eigenvalue weighted by molar-refractivity contribution is -0.146. The molecule has 3 nitrogen and oxygen atoms in total. The first-order chi connectivity index (χ1) is 7.47. The SMILES string of the molecule is CCC1CCC(C(=O)O)C(N(C)C(C)C)C1. The lowest BCUT2D eigenvalue weighted by Gasteiger charge is -2.41. The van der Waals surface area contributed by atoms with E-state index in [4.69, 9.17) is 0 Å². The molecule has 94 valence electrons. The van der Waals surface area contributed by atoms with Crippen LogP contribution in [-0.4, -0.2) is 35.1 Å². The summed E-state index contributed by atoms with van der Waals surface area (Å²) >= 11 is 0. The van der Waals surface area contributed by atoms with Crippen LogP contribution in [0.5, 0.6) is 0 Å². The second-order valence-corrected chi connectivity index (χ2v) is 5.36. The molecule has 0 aromatic carbocycles. The van der Waals surface area contributed by atoms with Gasteiger partial charge < -0.3 is 10.0 Å². The second kappa shape index (κ2) is 5.67. The van der Waals surface area contributed by atoms with E-state index >= 15 is 0 Å². The number of carboxylic acids is 1. The van der Waals surface area contributed by atoms with Crippen molar-refractivity contribution < 1.29 is 9.90 Å². The maximum Gasteiger partial charge on any atom is 0.308 e. The van der Waals surface area contributed by atoms with Crippen LogP contribution < -0.4 is 0 Å². The zero-order chi connectivity index (χ0) is 12.3. The fraction of sp³-hybridized carbons (Fsp3) is 0.923. The summed E-state index contributed by atoms with van der Waals surface area (Å²) in [4.78, 5) is 13.5. The topological polar surface area (TPSA) is 40.5 Å². The van der Waals surface area contributed by atoms with Gasteiger partial charge in [-0.05, 0) is 46.1 Å². The number of carbonyl (C=O) groups is 1. The maximum atomic E-state index is 11.3. The van der Waals surface area contributed by atoms with E-state index in [0.717, 1.165) is 19.3 Å². The molecule has 0 amide bonds. The van der Waals surface area contributed by atoms with Crippen LogP contribution in [0.25, 0.3) is 0 Å². The van der Waals surface area contributed by atoms with Gasteiger partial charge in [0.1, 0.15) is 0 Å². The highest BCUT2D eigenvalue weighted by molar-refractivity contribution is 5.71. The van der Waals surface area contributed by atoms with Crippen LogP contribution in [0.4, 0.5) is 0 Å². The molecule has 0 saturated heterocycles. The van der Waals surface area contributed by atoms with E-state index in [1.54, 1.807) is 0 Å². The molecule has 1 fully saturated rings. The summed E-state index contributed by atoms with van der Waals surface area (Å²) in [5.74, 6) is -0.0796. The van der Waals surface area contributed by atoms with Gasteiger partial charge in [0.05, 0.1) is 5.92 Å². The zero-order valence-electron chi connectivity index (χ0n) is 10.9. The first-order valence-electron chi connectivity index (χ1n) is 6.42. The Morgan fingerprint density at radius 3 is 2.50 bits per heavy atom. The van der Waals surface area contributed by atoms with Gasteiger partial charge in [0, 0.05) is 12.1 Å². The van der Waals surface area contributed by atoms with Crippen LogP contribution in [0, 0.1) is 11.8 Å². The standard InChI is InChI=1S/C13H25NO2/c1-5-10-6-7-11(13(15)16)12(8-10)14(4)9(2)3/h9-12H,5-8H2,1-4H3,(H,15,16). The van der Waals surface area contributed by atoms with Crippen molar-refractivity contribution >= 4 is 5.97 Å². The van der Waals surface area contributed by atoms with Crippen molar-refractivity contribution in [2.75, 3.05) is 7.05 Å². The Labute approximate surface area is 98.8 Å². The van der Waals surface area contributed by atoms with Gasteiger partial charge in [-0.15, -0.1) is 0 Å². The number of hydrogen-bond donors (Lipinski definition) is 1. The van der Waals surface area contributed by atoms with Crippen LogP contribution in [-0.2, 0) is 4.79 Å². The van der Waals surface area contributed by atoms with E-state index in [2.05, 4.69) is 32.7 Å². The third-order valence-corrected chi connectivity index (χ3v) is 4.16. The lowest BCUT2D eigenvalue weighted by Crippen LogP contribution is -2.48. The van der Waals surface area contributed by atoms with E-state index in [1.807, 2.05) is 0 Å². The molecule has 0 spiro atoms. The Balaban J connectivity index is 2.75. The van der Waals surface area contributed by atoms with E-state index in [9.17, 15) is 9.90 Å². The van der Waals surface area contributed by atoms with Crippen molar-refractivity contribution in [3.63, 3.8) is 0 Å². The summed E-state index contributed by atoms with van der Waals surface area (Å²) in [6, 6.07) is 0.638. The van der Waals surface area contributed by atoms with Crippen LogP contribution in [0.15, 0.2) is 0 Å².